The van der Waals surface area contributed by atoms with E-state index in [1.165, 1.54) is 0 Å². The van der Waals surface area contributed by atoms with Crippen molar-refractivity contribution in [3.05, 3.63) is 59.7 Å². The van der Waals surface area contributed by atoms with Crippen LogP contribution >= 0.6 is 0 Å². The highest BCUT2D eigenvalue weighted by Gasteiger charge is 2.42. The van der Waals surface area contributed by atoms with Gasteiger partial charge in [0, 0.05) is 12.3 Å². The highest BCUT2D eigenvalue weighted by atomic mass is 16.7. The van der Waals surface area contributed by atoms with E-state index in [4.69, 9.17) is 19.6 Å². The quantitative estimate of drug-likeness (QED) is 0.654. The number of piperidine rings is 1. The number of carbonyl (C=O) groups excluding carboxylic acids is 1. The number of Topliss-reactive ketones (excluding diaryl/α,β-unsaturated/α-hetero) is 1. The monoisotopic (exact) mass is 394 g/mol. The molecule has 0 aromatic heterocycles. The fourth-order valence-electron chi connectivity index (χ4n) is 3.75. The van der Waals surface area contributed by atoms with Gasteiger partial charge in [-0.2, -0.15) is 10.3 Å². The molecule has 6 heteroatoms. The van der Waals surface area contributed by atoms with Gasteiger partial charge in [-0.1, -0.05) is 31.2 Å². The smallest absolute Gasteiger partial charge is 0.139 e. The summed E-state index contributed by atoms with van der Waals surface area (Å²) in [6.07, 6.45) is 0.635. The number of ether oxygens (including phenoxy) is 2. The highest BCUT2D eigenvalue weighted by Crippen LogP contribution is 2.44. The molecule has 0 aliphatic carbocycles. The number of methoxy groups -OCH3 is 2. The molecule has 6 nitrogen and oxygen atoms in total. The van der Waals surface area contributed by atoms with Gasteiger partial charge < -0.3 is 9.47 Å². The molecule has 0 radical (unpaired) electrons. The zero-order chi connectivity index (χ0) is 20.8. The van der Waals surface area contributed by atoms with Crippen LogP contribution in [0.2, 0.25) is 0 Å². The predicted molar refractivity (Wildman–Crippen MR) is 108 cm³/mol. The SMILES string of the molecule is COc1ccc([C@H]2CC(=O)[C@H](C)[C@@H](c3ccc(OC)cc3)N2OCCC#N)cc1. The molecule has 1 aliphatic heterocycles. The van der Waals surface area contributed by atoms with Gasteiger partial charge in [0.05, 0.1) is 45.4 Å². The van der Waals surface area contributed by atoms with Crippen molar-refractivity contribution in [1.29, 1.82) is 5.26 Å². The molecule has 2 aromatic rings. The zero-order valence-corrected chi connectivity index (χ0v) is 17.0. The molecule has 0 unspecified atom stereocenters. The van der Waals surface area contributed by atoms with Crippen molar-refractivity contribution in [2.75, 3.05) is 20.8 Å². The summed E-state index contributed by atoms with van der Waals surface area (Å²) in [5, 5.41) is 10.8. The highest BCUT2D eigenvalue weighted by molar-refractivity contribution is 5.83. The molecule has 29 heavy (non-hydrogen) atoms. The van der Waals surface area contributed by atoms with E-state index in [0.29, 0.717) is 6.42 Å². The Morgan fingerprint density at radius 2 is 1.55 bits per heavy atom. The Morgan fingerprint density at radius 3 is 2.07 bits per heavy atom. The molecule has 0 N–H and O–H groups in total. The summed E-state index contributed by atoms with van der Waals surface area (Å²) in [5.41, 5.74) is 1.95. The molecular formula is C23H26N2O4. The van der Waals surface area contributed by atoms with Crippen LogP contribution in [0.25, 0.3) is 0 Å². The Kier molecular flexibility index (Phi) is 6.86. The Labute approximate surface area is 171 Å². The first-order valence-electron chi connectivity index (χ1n) is 9.67. The second-order valence-electron chi connectivity index (χ2n) is 7.07. The van der Waals surface area contributed by atoms with Crippen molar-refractivity contribution >= 4 is 5.78 Å². The van der Waals surface area contributed by atoms with E-state index in [2.05, 4.69) is 6.07 Å². The van der Waals surface area contributed by atoms with Crippen LogP contribution in [0.3, 0.4) is 0 Å². The summed E-state index contributed by atoms with van der Waals surface area (Å²) >= 11 is 0. The van der Waals surface area contributed by atoms with Gasteiger partial charge in [-0.05, 0) is 35.4 Å². The second kappa shape index (κ2) is 9.55. The normalized spacial score (nSPS) is 22.1. The largest absolute Gasteiger partial charge is 0.497 e. The summed E-state index contributed by atoms with van der Waals surface area (Å²) in [4.78, 5) is 19.0. The van der Waals surface area contributed by atoms with Crippen molar-refractivity contribution in [2.24, 2.45) is 5.92 Å². The fraction of sp³-hybridized carbons (Fsp3) is 0.391. The summed E-state index contributed by atoms with van der Waals surface area (Å²) in [7, 11) is 3.25. The van der Waals surface area contributed by atoms with Crippen molar-refractivity contribution in [2.45, 2.75) is 31.8 Å². The number of hydroxylamine groups is 2. The van der Waals surface area contributed by atoms with E-state index in [1.807, 2.05) is 60.5 Å². The second-order valence-corrected chi connectivity index (χ2v) is 7.07. The van der Waals surface area contributed by atoms with Crippen molar-refractivity contribution < 1.29 is 19.1 Å². The van der Waals surface area contributed by atoms with Gasteiger partial charge in [0.25, 0.3) is 0 Å². The molecule has 0 spiro atoms. The lowest BCUT2D eigenvalue weighted by atomic mass is 9.81. The van der Waals surface area contributed by atoms with Crippen LogP contribution in [0.4, 0.5) is 0 Å². The van der Waals surface area contributed by atoms with Gasteiger partial charge in [0.1, 0.15) is 17.3 Å². The number of carbonyl (C=O) groups is 1. The summed E-state index contributed by atoms with van der Waals surface area (Å²) in [5.74, 6) is 1.46. The van der Waals surface area contributed by atoms with Gasteiger partial charge in [-0.15, -0.1) is 0 Å². The number of benzene rings is 2. The summed E-state index contributed by atoms with van der Waals surface area (Å²) < 4.78 is 10.5. The summed E-state index contributed by atoms with van der Waals surface area (Å²) in [6.45, 7) is 2.21. The minimum atomic E-state index is -0.257. The molecule has 1 saturated heterocycles. The fourth-order valence-corrected chi connectivity index (χ4v) is 3.75. The van der Waals surface area contributed by atoms with Crippen LogP contribution in [0, 0.1) is 17.2 Å². The van der Waals surface area contributed by atoms with E-state index in [1.54, 1.807) is 14.2 Å². The van der Waals surface area contributed by atoms with Crippen LogP contribution in [-0.4, -0.2) is 31.7 Å². The number of hydrogen-bond donors (Lipinski definition) is 0. The average Bonchev–Trinajstić information content (AvgIpc) is 2.76. The molecule has 3 rings (SSSR count). The van der Waals surface area contributed by atoms with E-state index in [0.717, 1.165) is 22.6 Å². The Balaban J connectivity index is 1.98. The number of hydrogen-bond acceptors (Lipinski definition) is 6. The van der Waals surface area contributed by atoms with Gasteiger partial charge in [-0.3, -0.25) is 9.63 Å². The summed E-state index contributed by atoms with van der Waals surface area (Å²) in [6, 6.07) is 17.0. The van der Waals surface area contributed by atoms with E-state index >= 15 is 0 Å². The minimum absolute atomic E-state index is 0.187. The van der Waals surface area contributed by atoms with E-state index in [-0.39, 0.29) is 36.8 Å². The lowest BCUT2D eigenvalue weighted by Crippen LogP contribution is -2.44. The van der Waals surface area contributed by atoms with E-state index in [9.17, 15) is 4.79 Å². The van der Waals surface area contributed by atoms with Crippen molar-refractivity contribution in [3.63, 3.8) is 0 Å². The Bertz CT molecular complexity index is 858. The topological polar surface area (TPSA) is 71.8 Å². The average molecular weight is 394 g/mol. The zero-order valence-electron chi connectivity index (χ0n) is 17.0. The van der Waals surface area contributed by atoms with Crippen LogP contribution in [0.1, 0.15) is 43.0 Å². The van der Waals surface area contributed by atoms with Gasteiger partial charge in [-0.25, -0.2) is 0 Å². The van der Waals surface area contributed by atoms with Crippen molar-refractivity contribution in [3.8, 4) is 17.6 Å². The van der Waals surface area contributed by atoms with Crippen LogP contribution in [0.5, 0.6) is 11.5 Å². The third kappa shape index (κ3) is 4.58. The third-order valence-corrected chi connectivity index (χ3v) is 5.37. The van der Waals surface area contributed by atoms with Gasteiger partial charge in [0.2, 0.25) is 0 Å². The third-order valence-electron chi connectivity index (χ3n) is 5.37. The molecule has 3 atom stereocenters. The first kappa shape index (κ1) is 20.8. The molecule has 1 fully saturated rings. The first-order chi connectivity index (χ1) is 14.1. The Hall–Kier alpha value is -2.88. The van der Waals surface area contributed by atoms with Crippen molar-refractivity contribution in [1.82, 2.24) is 5.06 Å². The van der Waals surface area contributed by atoms with Gasteiger partial charge in [0.15, 0.2) is 0 Å². The molecule has 0 bridgehead atoms. The Morgan fingerprint density at radius 1 is 1.00 bits per heavy atom. The number of rotatable bonds is 7. The van der Waals surface area contributed by atoms with Gasteiger partial charge >= 0.3 is 0 Å². The van der Waals surface area contributed by atoms with E-state index < -0.39 is 0 Å². The lowest BCUT2D eigenvalue weighted by Gasteiger charge is -2.44. The lowest BCUT2D eigenvalue weighted by molar-refractivity contribution is -0.236. The molecule has 1 aliphatic rings. The van der Waals surface area contributed by atoms with Crippen LogP contribution in [-0.2, 0) is 9.63 Å². The molecule has 152 valence electrons. The first-order valence-corrected chi connectivity index (χ1v) is 9.67. The standard InChI is InChI=1S/C23H26N2O4/c1-16-22(26)15-21(17-5-9-19(27-2)10-6-17)25(29-14-4-13-24)23(16)18-7-11-20(28-3)12-8-18/h5-12,16,21,23H,4,14-15H2,1-3H3/t16-,21+,23-/m0/s1. The predicted octanol–water partition coefficient (Wildman–Crippen LogP) is 4.24. The number of nitriles is 1. The molecular weight excluding hydrogens is 368 g/mol. The number of nitrogens with zero attached hydrogens (tertiary/aromatic N) is 2. The minimum Gasteiger partial charge on any atom is -0.497 e. The molecule has 0 amide bonds. The van der Waals surface area contributed by atoms with Crippen LogP contribution in [0.15, 0.2) is 48.5 Å². The number of ketones is 1. The maximum Gasteiger partial charge on any atom is 0.139 e. The molecule has 0 saturated carbocycles. The maximum atomic E-state index is 12.9. The maximum absolute atomic E-state index is 12.9. The van der Waals surface area contributed by atoms with Crippen LogP contribution < -0.4 is 9.47 Å². The molecule has 1 heterocycles. The molecule has 2 aromatic carbocycles.